The zero-order chi connectivity index (χ0) is 22.5. The minimum Gasteiger partial charge on any atom is -0.294 e. The molecule has 158 valence electrons. The average Bonchev–Trinajstić information content (AvgIpc) is 3.46. The average molecular weight is 437 g/mol. The quantitative estimate of drug-likeness (QED) is 0.273. The molecule has 0 amide bonds. The summed E-state index contributed by atoms with van der Waals surface area (Å²) in [5.74, 6) is 0. The van der Waals surface area contributed by atoms with Gasteiger partial charge < -0.3 is 0 Å². The fourth-order valence-electron chi connectivity index (χ4n) is 4.83. The molecule has 0 saturated carbocycles. The van der Waals surface area contributed by atoms with Gasteiger partial charge in [0.25, 0.3) is 11.4 Å². The molecule has 0 N–H and O–H groups in total. The van der Waals surface area contributed by atoms with Crippen LogP contribution < -0.4 is 9.15 Å². The van der Waals surface area contributed by atoms with Crippen LogP contribution in [0, 0.1) is 0 Å². The lowest BCUT2D eigenvalue weighted by Gasteiger charge is -2.06. The van der Waals surface area contributed by atoms with Crippen molar-refractivity contribution in [1.29, 1.82) is 0 Å². The lowest BCUT2D eigenvalue weighted by atomic mass is 10.1. The molecule has 0 aliphatic carbocycles. The normalized spacial score (nSPS) is 12.6. The molecule has 0 radical (unpaired) electrons. The molecule has 2 aromatic heterocycles. The van der Waals surface area contributed by atoms with Crippen LogP contribution in [0.3, 0.4) is 0 Å². The fraction of sp³-hybridized carbons (Fsp3) is 0. The van der Waals surface area contributed by atoms with Gasteiger partial charge in [-0.2, -0.15) is 0 Å². The number of pyridine rings is 1. The van der Waals surface area contributed by atoms with Crippen LogP contribution in [0.1, 0.15) is 0 Å². The molecular formula is C30H20N4+2. The molecule has 0 unspecified atom stereocenters. The molecule has 1 aliphatic heterocycles. The Labute approximate surface area is 196 Å². The van der Waals surface area contributed by atoms with Gasteiger partial charge >= 0.3 is 6.01 Å². The fourth-order valence-corrected chi connectivity index (χ4v) is 4.83. The Morgan fingerprint density at radius 2 is 1.26 bits per heavy atom. The lowest BCUT2D eigenvalue weighted by Crippen LogP contribution is -2.01. The Kier molecular flexibility index (Phi) is 4.07. The third-order valence-corrected chi connectivity index (χ3v) is 6.36. The van der Waals surface area contributed by atoms with Crippen molar-refractivity contribution < 1.29 is 0 Å². The van der Waals surface area contributed by atoms with Gasteiger partial charge in [-0.3, -0.25) is 4.57 Å². The molecule has 6 aromatic rings. The molecule has 4 nitrogen and oxygen atoms in total. The zero-order valence-electron chi connectivity index (χ0n) is 18.3. The number of hydrogen-bond donors (Lipinski definition) is 0. The molecule has 3 heterocycles. The summed E-state index contributed by atoms with van der Waals surface area (Å²) in [7, 11) is 0. The molecule has 1 aliphatic rings. The summed E-state index contributed by atoms with van der Waals surface area (Å²) >= 11 is 0. The van der Waals surface area contributed by atoms with Crippen LogP contribution in [-0.2, 0) is 0 Å². The first kappa shape index (κ1) is 18.8. The maximum Gasteiger partial charge on any atom is 0.503 e. The molecule has 0 saturated heterocycles. The van der Waals surface area contributed by atoms with Crippen molar-refractivity contribution in [2.45, 2.75) is 0 Å². The minimum atomic E-state index is 0.960. The van der Waals surface area contributed by atoms with Gasteiger partial charge in [-0.25, -0.2) is 4.98 Å². The first-order valence-electron chi connectivity index (χ1n) is 11.3. The van der Waals surface area contributed by atoms with Crippen LogP contribution >= 0.6 is 0 Å². The molecule has 4 aromatic carbocycles. The first-order chi connectivity index (χ1) is 16.9. The summed E-state index contributed by atoms with van der Waals surface area (Å²) in [5, 5.41) is 2.33. The summed E-state index contributed by atoms with van der Waals surface area (Å²) in [4.78, 5) is 4.74. The maximum absolute atomic E-state index is 4.74. The summed E-state index contributed by atoms with van der Waals surface area (Å²) in [5.41, 5.74) is 7.53. The Morgan fingerprint density at radius 1 is 0.588 bits per heavy atom. The highest BCUT2D eigenvalue weighted by Crippen LogP contribution is 2.38. The molecule has 4 heteroatoms. The van der Waals surface area contributed by atoms with E-state index in [2.05, 4.69) is 117 Å². The molecule has 0 fully saturated rings. The second kappa shape index (κ2) is 7.38. The molecule has 34 heavy (non-hydrogen) atoms. The standard InChI is InChI=1S/C30H20N4/c1-3-10-22(11-4-1)32-21-33(28-16-8-7-15-27(28)32)24-17-18-25-26-14-9-19-31-30(26)34(29(25)20-24)23-12-5-2-6-13-23/h1-20H/q+2. The molecular weight excluding hydrogens is 416 g/mol. The monoisotopic (exact) mass is 436 g/mol. The van der Waals surface area contributed by atoms with E-state index in [1.165, 1.54) is 5.39 Å². The molecule has 7 rings (SSSR count). The van der Waals surface area contributed by atoms with Crippen LogP contribution in [0.15, 0.2) is 121 Å². The Hall–Kier alpha value is -4.79. The van der Waals surface area contributed by atoms with E-state index in [1.54, 1.807) is 0 Å². The van der Waals surface area contributed by atoms with E-state index in [0.29, 0.717) is 0 Å². The summed E-state index contributed by atoms with van der Waals surface area (Å²) in [6, 6.07) is 43.5. The van der Waals surface area contributed by atoms with E-state index in [0.717, 1.165) is 45.0 Å². The number of aromatic nitrogens is 2. The number of nitrogens with zero attached hydrogens (tertiary/aromatic N) is 4. The molecule has 0 spiro atoms. The second-order valence-corrected chi connectivity index (χ2v) is 8.34. The van der Waals surface area contributed by atoms with E-state index in [4.69, 9.17) is 4.98 Å². The van der Waals surface area contributed by atoms with Crippen LogP contribution in [0.4, 0.5) is 22.7 Å². The van der Waals surface area contributed by atoms with Crippen molar-refractivity contribution >= 4 is 50.7 Å². The smallest absolute Gasteiger partial charge is 0.294 e. The lowest BCUT2D eigenvalue weighted by molar-refractivity contribution is 1.11. The maximum atomic E-state index is 4.74. The van der Waals surface area contributed by atoms with Gasteiger partial charge in [-0.1, -0.05) is 48.5 Å². The SMILES string of the molecule is C1=[N+](c2ccccc2)c2ccccc2[N+]=1c1ccc2c3cccnc3n(-c3ccccc3)c2c1. The van der Waals surface area contributed by atoms with Gasteiger partial charge in [-0.05, 0) is 39.5 Å². The van der Waals surface area contributed by atoms with Crippen molar-refractivity contribution in [1.82, 2.24) is 18.7 Å². The Balaban J connectivity index is 1.52. The van der Waals surface area contributed by atoms with E-state index in [9.17, 15) is 0 Å². The van der Waals surface area contributed by atoms with Gasteiger partial charge in [0, 0.05) is 59.1 Å². The molecule has 0 bridgehead atoms. The highest BCUT2D eigenvalue weighted by atomic mass is 15.2. The number of rotatable bonds is 3. The summed E-state index contributed by atoms with van der Waals surface area (Å²) in [6.07, 6.45) is 1.86. The van der Waals surface area contributed by atoms with Gasteiger partial charge in [0.2, 0.25) is 11.4 Å². The van der Waals surface area contributed by atoms with E-state index < -0.39 is 0 Å². The third kappa shape index (κ3) is 2.77. The van der Waals surface area contributed by atoms with Crippen LogP contribution in [-0.4, -0.2) is 15.6 Å². The van der Waals surface area contributed by atoms with Crippen molar-refractivity contribution in [3.63, 3.8) is 0 Å². The second-order valence-electron chi connectivity index (χ2n) is 8.34. The van der Waals surface area contributed by atoms with Crippen LogP contribution in [0.5, 0.6) is 0 Å². The number of para-hydroxylation sites is 4. The summed E-state index contributed by atoms with van der Waals surface area (Å²) in [6.45, 7) is 0. The predicted octanol–water partition coefficient (Wildman–Crippen LogP) is 7.04. The molecule has 0 atom stereocenters. The van der Waals surface area contributed by atoms with Gasteiger partial charge in [0.15, 0.2) is 0 Å². The van der Waals surface area contributed by atoms with E-state index >= 15 is 0 Å². The third-order valence-electron chi connectivity index (χ3n) is 6.36. The Bertz CT molecular complexity index is 1770. The van der Waals surface area contributed by atoms with Crippen LogP contribution in [0.25, 0.3) is 27.6 Å². The van der Waals surface area contributed by atoms with E-state index in [1.807, 2.05) is 24.4 Å². The first-order valence-corrected chi connectivity index (χ1v) is 11.3. The van der Waals surface area contributed by atoms with Gasteiger partial charge in [0.05, 0.1) is 5.52 Å². The van der Waals surface area contributed by atoms with Crippen LogP contribution in [0.2, 0.25) is 0 Å². The number of benzene rings is 4. The van der Waals surface area contributed by atoms with Crippen molar-refractivity contribution in [3.05, 3.63) is 121 Å². The topological polar surface area (TPSA) is 23.8 Å². The van der Waals surface area contributed by atoms with Crippen molar-refractivity contribution in [2.24, 2.45) is 0 Å². The largest absolute Gasteiger partial charge is 0.503 e. The zero-order valence-corrected chi connectivity index (χ0v) is 18.3. The highest BCUT2D eigenvalue weighted by Gasteiger charge is 2.36. The summed E-state index contributed by atoms with van der Waals surface area (Å²) < 4.78 is 6.50. The number of hydrogen-bond acceptors (Lipinski definition) is 1. The number of fused-ring (bicyclic) bond motifs is 4. The minimum absolute atomic E-state index is 0.960. The van der Waals surface area contributed by atoms with Crippen molar-refractivity contribution in [3.8, 4) is 5.69 Å². The predicted molar refractivity (Wildman–Crippen MR) is 139 cm³/mol. The Morgan fingerprint density at radius 3 is 2.03 bits per heavy atom. The van der Waals surface area contributed by atoms with Gasteiger partial charge in [0.1, 0.15) is 5.65 Å². The van der Waals surface area contributed by atoms with Crippen molar-refractivity contribution in [2.75, 3.05) is 0 Å². The highest BCUT2D eigenvalue weighted by molar-refractivity contribution is 6.08. The van der Waals surface area contributed by atoms with Gasteiger partial charge in [-0.15, -0.1) is 0 Å². The van der Waals surface area contributed by atoms with E-state index in [-0.39, 0.29) is 0 Å².